The van der Waals surface area contributed by atoms with Crippen molar-refractivity contribution in [3.05, 3.63) is 101 Å². The van der Waals surface area contributed by atoms with Crippen LogP contribution in [0.15, 0.2) is 89.5 Å². The molecule has 216 valence electrons. The second kappa shape index (κ2) is 11.6. The number of β-lactam (4-membered cyclic amide) rings is 1. The molecule has 2 saturated heterocycles. The normalized spacial score (nSPS) is 25.7. The SMILES string of the molecule is C=C(C1=C(C)[C@H]([C@H]2[C@@H](OC(=O)c3ccc(OC)cc3)C(=O)N2Cc2ccccc2)OC1)/C(C)=C/[C@H]1COC(C)(C)O1. The van der Waals surface area contributed by atoms with Crippen molar-refractivity contribution in [1.82, 2.24) is 4.90 Å². The van der Waals surface area contributed by atoms with Gasteiger partial charge in [-0.25, -0.2) is 4.79 Å². The summed E-state index contributed by atoms with van der Waals surface area (Å²) in [5.74, 6) is -0.806. The van der Waals surface area contributed by atoms with E-state index in [0.717, 1.165) is 27.9 Å². The third kappa shape index (κ3) is 6.00. The number of rotatable bonds is 9. The molecule has 8 heteroatoms. The van der Waals surface area contributed by atoms with E-state index in [1.807, 2.05) is 64.1 Å². The molecule has 8 nitrogen and oxygen atoms in total. The molecule has 0 aromatic heterocycles. The molecule has 1 amide bonds. The van der Waals surface area contributed by atoms with Gasteiger partial charge in [0, 0.05) is 6.54 Å². The topological polar surface area (TPSA) is 83.5 Å². The van der Waals surface area contributed by atoms with Gasteiger partial charge in [-0.15, -0.1) is 0 Å². The molecule has 0 N–H and O–H groups in total. The maximum absolute atomic E-state index is 13.4. The molecule has 0 unspecified atom stereocenters. The maximum Gasteiger partial charge on any atom is 0.338 e. The van der Waals surface area contributed by atoms with Crippen molar-refractivity contribution in [2.45, 2.75) is 64.4 Å². The fourth-order valence-electron chi connectivity index (χ4n) is 5.53. The van der Waals surface area contributed by atoms with Crippen LogP contribution in [0.4, 0.5) is 0 Å². The third-order valence-electron chi connectivity index (χ3n) is 7.88. The fourth-order valence-corrected chi connectivity index (χ4v) is 5.53. The lowest BCUT2D eigenvalue weighted by molar-refractivity contribution is -0.178. The Labute approximate surface area is 241 Å². The molecule has 5 rings (SSSR count). The van der Waals surface area contributed by atoms with Crippen LogP contribution in [0.3, 0.4) is 0 Å². The highest BCUT2D eigenvalue weighted by atomic mass is 16.7. The summed E-state index contributed by atoms with van der Waals surface area (Å²) in [4.78, 5) is 28.2. The smallest absolute Gasteiger partial charge is 0.338 e. The van der Waals surface area contributed by atoms with Crippen LogP contribution in [0, 0.1) is 0 Å². The van der Waals surface area contributed by atoms with E-state index in [1.165, 1.54) is 0 Å². The van der Waals surface area contributed by atoms with Crippen molar-refractivity contribution in [2.24, 2.45) is 0 Å². The molecule has 0 saturated carbocycles. The number of nitrogens with zero attached hydrogens (tertiary/aromatic N) is 1. The second-order valence-corrected chi connectivity index (χ2v) is 11.1. The molecule has 3 aliphatic rings. The number of methoxy groups -OCH3 is 1. The number of amides is 1. The maximum atomic E-state index is 13.4. The Balaban J connectivity index is 1.37. The van der Waals surface area contributed by atoms with Crippen molar-refractivity contribution >= 4 is 11.9 Å². The predicted octanol–water partition coefficient (Wildman–Crippen LogP) is 5.00. The monoisotopic (exact) mass is 559 g/mol. The van der Waals surface area contributed by atoms with Gasteiger partial charge < -0.3 is 28.6 Å². The van der Waals surface area contributed by atoms with E-state index in [9.17, 15) is 9.59 Å². The third-order valence-corrected chi connectivity index (χ3v) is 7.88. The molecule has 0 radical (unpaired) electrons. The minimum Gasteiger partial charge on any atom is -0.497 e. The lowest BCUT2D eigenvalue weighted by atomic mass is 9.86. The molecule has 0 aliphatic carbocycles. The van der Waals surface area contributed by atoms with Gasteiger partial charge in [0.1, 0.15) is 24.0 Å². The largest absolute Gasteiger partial charge is 0.497 e. The Morgan fingerprint density at radius 2 is 1.85 bits per heavy atom. The number of ether oxygens (including phenoxy) is 5. The summed E-state index contributed by atoms with van der Waals surface area (Å²) < 4.78 is 28.9. The van der Waals surface area contributed by atoms with Gasteiger partial charge in [-0.3, -0.25) is 4.79 Å². The summed E-state index contributed by atoms with van der Waals surface area (Å²) in [5.41, 5.74) is 5.09. The molecule has 41 heavy (non-hydrogen) atoms. The number of benzene rings is 2. The van der Waals surface area contributed by atoms with Crippen LogP contribution in [-0.4, -0.2) is 67.2 Å². The summed E-state index contributed by atoms with van der Waals surface area (Å²) in [7, 11) is 1.56. The van der Waals surface area contributed by atoms with E-state index in [4.69, 9.17) is 23.7 Å². The van der Waals surface area contributed by atoms with Gasteiger partial charge in [0.05, 0.1) is 25.9 Å². The Morgan fingerprint density at radius 1 is 1.15 bits per heavy atom. The average molecular weight is 560 g/mol. The molecular weight excluding hydrogens is 522 g/mol. The molecule has 3 aliphatic heterocycles. The Hall–Kier alpha value is -3.72. The summed E-state index contributed by atoms with van der Waals surface area (Å²) >= 11 is 0. The van der Waals surface area contributed by atoms with Crippen LogP contribution in [0.5, 0.6) is 5.75 Å². The summed E-state index contributed by atoms with van der Waals surface area (Å²) in [6.07, 6.45) is 0.449. The first-order chi connectivity index (χ1) is 19.6. The minimum atomic E-state index is -0.969. The van der Waals surface area contributed by atoms with Crippen molar-refractivity contribution in [2.75, 3.05) is 20.3 Å². The Kier molecular flexibility index (Phi) is 8.18. The molecule has 0 bridgehead atoms. The van der Waals surface area contributed by atoms with Crippen LogP contribution in [0.2, 0.25) is 0 Å². The molecule has 2 fully saturated rings. The number of hydrogen-bond donors (Lipinski definition) is 0. The number of esters is 1. The van der Waals surface area contributed by atoms with Crippen LogP contribution < -0.4 is 4.74 Å². The van der Waals surface area contributed by atoms with Gasteiger partial charge in [-0.05, 0) is 85.9 Å². The van der Waals surface area contributed by atoms with E-state index in [0.29, 0.717) is 31.1 Å². The molecule has 0 spiro atoms. The van der Waals surface area contributed by atoms with Crippen molar-refractivity contribution in [3.8, 4) is 5.75 Å². The summed E-state index contributed by atoms with van der Waals surface area (Å²) in [6.45, 7) is 13.3. The van der Waals surface area contributed by atoms with E-state index < -0.39 is 30.0 Å². The zero-order valence-electron chi connectivity index (χ0n) is 24.2. The molecule has 4 atom stereocenters. The summed E-state index contributed by atoms with van der Waals surface area (Å²) in [6, 6.07) is 15.9. The number of hydrogen-bond acceptors (Lipinski definition) is 7. The highest BCUT2D eigenvalue weighted by Gasteiger charge is 2.55. The predicted molar refractivity (Wildman–Crippen MR) is 153 cm³/mol. The van der Waals surface area contributed by atoms with Gasteiger partial charge >= 0.3 is 5.97 Å². The number of likely N-dealkylation sites (tertiary alicyclic amines) is 1. The van der Waals surface area contributed by atoms with Gasteiger partial charge in [0.2, 0.25) is 6.10 Å². The Morgan fingerprint density at radius 3 is 2.49 bits per heavy atom. The van der Waals surface area contributed by atoms with Gasteiger partial charge in [-0.2, -0.15) is 0 Å². The molecular formula is C33H37NO7. The van der Waals surface area contributed by atoms with Crippen LogP contribution in [0.1, 0.15) is 43.6 Å². The van der Waals surface area contributed by atoms with E-state index >= 15 is 0 Å². The van der Waals surface area contributed by atoms with Gasteiger partial charge in [0.15, 0.2) is 5.79 Å². The molecule has 2 aromatic rings. The first-order valence-electron chi connectivity index (χ1n) is 13.8. The lowest BCUT2D eigenvalue weighted by Crippen LogP contribution is -2.69. The second-order valence-electron chi connectivity index (χ2n) is 11.1. The van der Waals surface area contributed by atoms with E-state index in [-0.39, 0.29) is 12.0 Å². The van der Waals surface area contributed by atoms with Gasteiger partial charge in [-0.1, -0.05) is 36.9 Å². The number of carbonyl (C=O) groups excluding carboxylic acids is 2. The lowest BCUT2D eigenvalue weighted by Gasteiger charge is -2.48. The van der Waals surface area contributed by atoms with E-state index in [1.54, 1.807) is 36.3 Å². The summed E-state index contributed by atoms with van der Waals surface area (Å²) in [5, 5.41) is 0. The highest BCUT2D eigenvalue weighted by molar-refractivity contribution is 5.95. The van der Waals surface area contributed by atoms with Crippen molar-refractivity contribution in [3.63, 3.8) is 0 Å². The van der Waals surface area contributed by atoms with Crippen LogP contribution in [0.25, 0.3) is 0 Å². The van der Waals surface area contributed by atoms with Crippen LogP contribution in [-0.2, 0) is 30.3 Å². The Bertz CT molecular complexity index is 1380. The number of allylic oxidation sites excluding steroid dienone is 1. The minimum absolute atomic E-state index is 0.159. The van der Waals surface area contributed by atoms with E-state index in [2.05, 4.69) is 6.58 Å². The average Bonchev–Trinajstić information content (AvgIpc) is 3.52. The fraction of sp³-hybridized carbons (Fsp3) is 0.394. The standard InChI is InChI=1S/C33H37NO7/c1-20(16-26-18-39-33(4,5)41-26)21(2)27-19-38-29(22(27)3)28-30(31(35)34(28)17-23-10-8-7-9-11-23)40-32(36)24-12-14-25(37-6)15-13-24/h7-16,26,28-30H,2,17-19H2,1,3-6H3/b20-16+/t26-,28-,29+,30+/m0/s1. The quantitative estimate of drug-likeness (QED) is 0.243. The van der Waals surface area contributed by atoms with Gasteiger partial charge in [0.25, 0.3) is 5.91 Å². The first-order valence-corrected chi connectivity index (χ1v) is 13.8. The first kappa shape index (κ1) is 28.8. The van der Waals surface area contributed by atoms with Crippen molar-refractivity contribution < 1.29 is 33.3 Å². The van der Waals surface area contributed by atoms with Crippen molar-refractivity contribution in [1.29, 1.82) is 0 Å². The van der Waals surface area contributed by atoms with Crippen LogP contribution >= 0.6 is 0 Å². The number of carbonyl (C=O) groups is 2. The molecule has 2 aromatic carbocycles. The zero-order valence-corrected chi connectivity index (χ0v) is 24.2. The molecule has 3 heterocycles. The highest BCUT2D eigenvalue weighted by Crippen LogP contribution is 2.39. The zero-order chi connectivity index (χ0) is 29.3.